The van der Waals surface area contributed by atoms with Crippen molar-refractivity contribution in [2.45, 2.75) is 32.7 Å². The second-order valence-electron chi connectivity index (χ2n) is 7.49. The maximum absolute atomic E-state index is 13.1. The van der Waals surface area contributed by atoms with Crippen LogP contribution in [0.5, 0.6) is 11.6 Å². The van der Waals surface area contributed by atoms with Crippen molar-refractivity contribution in [3.8, 4) is 11.6 Å². The number of benzene rings is 1. The largest absolute Gasteiger partial charge is 0.439 e. The predicted octanol–water partition coefficient (Wildman–Crippen LogP) is 4.23. The highest BCUT2D eigenvalue weighted by Crippen LogP contribution is 2.21. The molecule has 0 amide bonds. The first-order valence-electron chi connectivity index (χ1n) is 10.6. The Bertz CT molecular complexity index is 807. The Labute approximate surface area is 178 Å². The fourth-order valence-corrected chi connectivity index (χ4v) is 3.38. The second kappa shape index (κ2) is 11.5. The van der Waals surface area contributed by atoms with E-state index in [1.54, 1.807) is 18.3 Å². The summed E-state index contributed by atoms with van der Waals surface area (Å²) in [5.74, 6) is 2.34. The highest BCUT2D eigenvalue weighted by Gasteiger charge is 2.15. The van der Waals surface area contributed by atoms with Crippen LogP contribution in [0.3, 0.4) is 0 Å². The van der Waals surface area contributed by atoms with Crippen molar-refractivity contribution in [2.24, 2.45) is 10.9 Å². The summed E-state index contributed by atoms with van der Waals surface area (Å²) >= 11 is 0. The van der Waals surface area contributed by atoms with Gasteiger partial charge in [0.15, 0.2) is 5.96 Å². The molecule has 1 aromatic heterocycles. The molecule has 6 nitrogen and oxygen atoms in total. The molecular weight excluding hydrogens is 383 g/mol. The fourth-order valence-electron chi connectivity index (χ4n) is 3.38. The van der Waals surface area contributed by atoms with Gasteiger partial charge in [0.05, 0.1) is 6.54 Å². The highest BCUT2D eigenvalue weighted by atomic mass is 19.1. The molecule has 1 aromatic carbocycles. The maximum Gasteiger partial charge on any atom is 0.219 e. The summed E-state index contributed by atoms with van der Waals surface area (Å²) < 4.78 is 24.2. The lowest BCUT2D eigenvalue weighted by atomic mass is 9.96. The van der Waals surface area contributed by atoms with Crippen LogP contribution >= 0.6 is 0 Å². The van der Waals surface area contributed by atoms with Crippen LogP contribution in [0.4, 0.5) is 4.39 Å². The minimum Gasteiger partial charge on any atom is -0.439 e. The fraction of sp³-hybridized carbons (Fsp3) is 0.478. The third-order valence-corrected chi connectivity index (χ3v) is 5.16. The first-order valence-corrected chi connectivity index (χ1v) is 10.6. The zero-order valence-electron chi connectivity index (χ0n) is 17.8. The molecule has 30 heavy (non-hydrogen) atoms. The van der Waals surface area contributed by atoms with E-state index in [0.717, 1.165) is 63.0 Å². The summed E-state index contributed by atoms with van der Waals surface area (Å²) in [4.78, 5) is 11.2. The molecule has 1 saturated heterocycles. The van der Waals surface area contributed by atoms with E-state index in [1.807, 2.05) is 12.1 Å². The summed E-state index contributed by atoms with van der Waals surface area (Å²) in [5, 5.41) is 3.37. The van der Waals surface area contributed by atoms with Crippen LogP contribution in [0.2, 0.25) is 0 Å². The molecule has 0 spiro atoms. The van der Waals surface area contributed by atoms with Crippen LogP contribution in [0.1, 0.15) is 31.7 Å². The molecule has 0 unspecified atom stereocenters. The SMILES string of the molecule is CCNC(=NCc1ccnc(Oc2ccc(F)cc2)c1)N(C)CCC1CCOCC1. The normalized spacial score (nSPS) is 15.1. The van der Waals surface area contributed by atoms with E-state index in [1.165, 1.54) is 12.1 Å². The number of halogens is 1. The van der Waals surface area contributed by atoms with Gasteiger partial charge in [0.1, 0.15) is 11.6 Å². The monoisotopic (exact) mass is 414 g/mol. The Morgan fingerprint density at radius 1 is 1.27 bits per heavy atom. The van der Waals surface area contributed by atoms with Gasteiger partial charge in [-0.2, -0.15) is 0 Å². The van der Waals surface area contributed by atoms with Crippen molar-refractivity contribution < 1.29 is 13.9 Å². The number of rotatable bonds is 8. The van der Waals surface area contributed by atoms with Gasteiger partial charge < -0.3 is 19.7 Å². The molecule has 1 N–H and O–H groups in total. The Hall–Kier alpha value is -2.67. The third kappa shape index (κ3) is 6.99. The molecule has 0 radical (unpaired) electrons. The minimum absolute atomic E-state index is 0.296. The molecular formula is C23H31FN4O2. The van der Waals surface area contributed by atoms with Crippen molar-refractivity contribution in [3.05, 3.63) is 54.0 Å². The first-order chi connectivity index (χ1) is 14.6. The van der Waals surface area contributed by atoms with Crippen LogP contribution in [0.15, 0.2) is 47.6 Å². The number of nitrogens with one attached hydrogen (secondary N) is 1. The number of ether oxygens (including phenoxy) is 2. The quantitative estimate of drug-likeness (QED) is 0.518. The summed E-state index contributed by atoms with van der Waals surface area (Å²) in [7, 11) is 2.08. The van der Waals surface area contributed by atoms with Gasteiger partial charge in [0.25, 0.3) is 0 Å². The van der Waals surface area contributed by atoms with Crippen LogP contribution in [-0.2, 0) is 11.3 Å². The summed E-state index contributed by atoms with van der Waals surface area (Å²) in [6.07, 6.45) is 5.14. The van der Waals surface area contributed by atoms with Gasteiger partial charge in [-0.25, -0.2) is 14.4 Å². The molecule has 0 bridgehead atoms. The zero-order valence-corrected chi connectivity index (χ0v) is 17.8. The molecule has 0 atom stereocenters. The van der Waals surface area contributed by atoms with Crippen LogP contribution in [0, 0.1) is 11.7 Å². The van der Waals surface area contributed by atoms with E-state index in [4.69, 9.17) is 14.5 Å². The summed E-state index contributed by atoms with van der Waals surface area (Å²) in [5.41, 5.74) is 0.996. The van der Waals surface area contributed by atoms with E-state index < -0.39 is 0 Å². The molecule has 1 aliphatic heterocycles. The first kappa shape index (κ1) is 22.0. The Balaban J connectivity index is 1.58. The Morgan fingerprint density at radius 3 is 2.77 bits per heavy atom. The molecule has 2 aromatic rings. The molecule has 7 heteroatoms. The minimum atomic E-state index is -0.296. The van der Waals surface area contributed by atoms with E-state index >= 15 is 0 Å². The molecule has 0 saturated carbocycles. The van der Waals surface area contributed by atoms with E-state index in [9.17, 15) is 4.39 Å². The second-order valence-corrected chi connectivity index (χ2v) is 7.49. The van der Waals surface area contributed by atoms with E-state index in [0.29, 0.717) is 18.2 Å². The molecule has 162 valence electrons. The van der Waals surface area contributed by atoms with Gasteiger partial charge in [-0.1, -0.05) is 0 Å². The van der Waals surface area contributed by atoms with Crippen molar-refractivity contribution in [2.75, 3.05) is 33.4 Å². The Kier molecular flexibility index (Phi) is 8.44. The van der Waals surface area contributed by atoms with E-state index in [2.05, 4.69) is 29.2 Å². The number of pyridine rings is 1. The zero-order chi connectivity index (χ0) is 21.2. The van der Waals surface area contributed by atoms with Gasteiger partial charge in [0, 0.05) is 45.6 Å². The lowest BCUT2D eigenvalue weighted by molar-refractivity contribution is 0.0625. The summed E-state index contributed by atoms with van der Waals surface area (Å²) in [6, 6.07) is 9.67. The Morgan fingerprint density at radius 2 is 2.03 bits per heavy atom. The molecule has 1 aliphatic rings. The summed E-state index contributed by atoms with van der Waals surface area (Å²) in [6.45, 7) is 6.14. The third-order valence-electron chi connectivity index (χ3n) is 5.16. The van der Waals surface area contributed by atoms with Crippen molar-refractivity contribution in [1.82, 2.24) is 15.2 Å². The number of guanidine groups is 1. The van der Waals surface area contributed by atoms with Crippen molar-refractivity contribution in [3.63, 3.8) is 0 Å². The molecule has 3 rings (SSSR count). The maximum atomic E-state index is 13.1. The molecule has 1 fully saturated rings. The average molecular weight is 415 g/mol. The topological polar surface area (TPSA) is 59.0 Å². The number of hydrogen-bond acceptors (Lipinski definition) is 4. The standard InChI is InChI=1S/C23H31FN4O2/c1-3-25-23(28(2)13-9-18-10-14-29-15-11-18)27-17-19-8-12-26-22(16-19)30-21-6-4-20(24)5-7-21/h4-8,12,16,18H,3,9-11,13-15,17H2,1-2H3,(H,25,27). The van der Waals surface area contributed by atoms with Gasteiger partial charge in [0.2, 0.25) is 5.88 Å². The smallest absolute Gasteiger partial charge is 0.219 e. The highest BCUT2D eigenvalue weighted by molar-refractivity contribution is 5.79. The number of aromatic nitrogens is 1. The predicted molar refractivity (Wildman–Crippen MR) is 116 cm³/mol. The van der Waals surface area contributed by atoms with E-state index in [-0.39, 0.29) is 5.82 Å². The number of hydrogen-bond donors (Lipinski definition) is 1. The lowest BCUT2D eigenvalue weighted by Crippen LogP contribution is -2.40. The van der Waals surface area contributed by atoms with Crippen molar-refractivity contribution in [1.29, 1.82) is 0 Å². The van der Waals surface area contributed by atoms with Gasteiger partial charge in [-0.05, 0) is 68.0 Å². The van der Waals surface area contributed by atoms with Crippen LogP contribution < -0.4 is 10.1 Å². The molecule has 0 aliphatic carbocycles. The van der Waals surface area contributed by atoms with Gasteiger partial charge >= 0.3 is 0 Å². The average Bonchev–Trinajstić information content (AvgIpc) is 2.77. The number of nitrogens with zero attached hydrogens (tertiary/aromatic N) is 3. The van der Waals surface area contributed by atoms with Gasteiger partial charge in [-0.15, -0.1) is 0 Å². The molecule has 2 heterocycles. The van der Waals surface area contributed by atoms with Gasteiger partial charge in [-0.3, -0.25) is 0 Å². The van der Waals surface area contributed by atoms with Crippen molar-refractivity contribution >= 4 is 5.96 Å². The number of aliphatic imine (C=N–C) groups is 1. The van der Waals surface area contributed by atoms with Crippen LogP contribution in [-0.4, -0.2) is 49.2 Å². The lowest BCUT2D eigenvalue weighted by Gasteiger charge is -2.26. The van der Waals surface area contributed by atoms with Crippen LogP contribution in [0.25, 0.3) is 0 Å².